The largest absolute Gasteiger partial charge is 0.488 e. The lowest BCUT2D eigenvalue weighted by Crippen LogP contribution is -2.32. The molecule has 1 fully saturated rings. The van der Waals surface area contributed by atoms with Gasteiger partial charge in [-0.2, -0.15) is 5.10 Å². The lowest BCUT2D eigenvalue weighted by Gasteiger charge is -2.04. The molecule has 6 nitrogen and oxygen atoms in total. The van der Waals surface area contributed by atoms with Crippen molar-refractivity contribution >= 4 is 41.6 Å². The molecule has 1 aromatic rings. The molecule has 1 amide bonds. The predicted molar refractivity (Wildman–Crippen MR) is 76.6 cm³/mol. The molecule has 0 spiro atoms. The summed E-state index contributed by atoms with van der Waals surface area (Å²) in [7, 11) is -1.48. The third-order valence-electron chi connectivity index (χ3n) is 2.51. The summed E-state index contributed by atoms with van der Waals surface area (Å²) in [5.74, 6) is 0.299. The second-order valence-corrected chi connectivity index (χ2v) is 4.94. The van der Waals surface area contributed by atoms with Crippen LogP contribution in [-0.4, -0.2) is 40.2 Å². The molecule has 8 heteroatoms. The number of thioether (sulfide) groups is 1. The fourth-order valence-corrected chi connectivity index (χ4v) is 2.23. The van der Waals surface area contributed by atoms with Gasteiger partial charge in [0.2, 0.25) is 5.91 Å². The van der Waals surface area contributed by atoms with Crippen LogP contribution in [0.1, 0.15) is 11.1 Å². The molecular formula is C11H12BN3O3S. The Morgan fingerprint density at radius 2 is 2.26 bits per heavy atom. The lowest BCUT2D eigenvalue weighted by atomic mass is 9.77. The quantitative estimate of drug-likeness (QED) is 0.384. The first kappa shape index (κ1) is 13.8. The summed E-state index contributed by atoms with van der Waals surface area (Å²) in [6.07, 6.45) is 1.54. The monoisotopic (exact) mass is 277 g/mol. The van der Waals surface area contributed by atoms with Crippen LogP contribution in [0.4, 0.5) is 0 Å². The van der Waals surface area contributed by atoms with Crippen LogP contribution in [0.2, 0.25) is 0 Å². The van der Waals surface area contributed by atoms with E-state index in [4.69, 9.17) is 10.0 Å². The minimum absolute atomic E-state index is 0.0731. The normalized spacial score (nSPS) is 17.2. The Hall–Kier alpha value is -1.64. The summed E-state index contributed by atoms with van der Waals surface area (Å²) >= 11 is 1.30. The van der Waals surface area contributed by atoms with Crippen molar-refractivity contribution in [2.75, 3.05) is 5.75 Å². The van der Waals surface area contributed by atoms with E-state index in [0.29, 0.717) is 16.4 Å². The van der Waals surface area contributed by atoms with Crippen molar-refractivity contribution in [2.45, 2.75) is 6.92 Å². The number of hydrogen-bond donors (Lipinski definition) is 3. The molecule has 1 aromatic carbocycles. The van der Waals surface area contributed by atoms with Crippen LogP contribution in [0.3, 0.4) is 0 Å². The highest BCUT2D eigenvalue weighted by molar-refractivity contribution is 8.15. The van der Waals surface area contributed by atoms with E-state index in [2.05, 4.69) is 15.5 Å². The molecular weight excluding hydrogens is 265 g/mol. The fraction of sp³-hybridized carbons (Fsp3) is 0.182. The van der Waals surface area contributed by atoms with Crippen LogP contribution in [0, 0.1) is 6.92 Å². The minimum atomic E-state index is -1.48. The molecule has 1 saturated heterocycles. The van der Waals surface area contributed by atoms with Crippen LogP contribution in [0.5, 0.6) is 0 Å². The zero-order valence-electron chi connectivity index (χ0n) is 10.2. The van der Waals surface area contributed by atoms with Crippen molar-refractivity contribution in [1.29, 1.82) is 0 Å². The predicted octanol–water partition coefficient (Wildman–Crippen LogP) is -0.772. The number of nitrogens with one attached hydrogen (secondary N) is 1. The Morgan fingerprint density at radius 1 is 1.47 bits per heavy atom. The summed E-state index contributed by atoms with van der Waals surface area (Å²) < 4.78 is 0. The number of carbonyl (C=O) groups excluding carboxylic acids is 1. The van der Waals surface area contributed by atoms with Crippen molar-refractivity contribution in [1.82, 2.24) is 5.32 Å². The number of aryl methyl sites for hydroxylation is 1. The SMILES string of the molecule is Cc1cc(C=NN=C2NC(=O)CS2)ccc1B(O)O. The first-order valence-electron chi connectivity index (χ1n) is 5.56. The van der Waals surface area contributed by atoms with E-state index in [0.717, 1.165) is 11.1 Å². The number of amides is 1. The average Bonchev–Trinajstić information content (AvgIpc) is 2.75. The molecule has 0 radical (unpaired) electrons. The van der Waals surface area contributed by atoms with Crippen LogP contribution in [0.25, 0.3) is 0 Å². The highest BCUT2D eigenvalue weighted by atomic mass is 32.2. The van der Waals surface area contributed by atoms with E-state index in [1.807, 2.05) is 0 Å². The molecule has 1 heterocycles. The first-order chi connectivity index (χ1) is 9.06. The summed E-state index contributed by atoms with van der Waals surface area (Å²) in [5.41, 5.74) is 2.01. The van der Waals surface area contributed by atoms with Gasteiger partial charge in [-0.1, -0.05) is 35.5 Å². The Bertz CT molecular complexity index is 560. The van der Waals surface area contributed by atoms with Gasteiger partial charge in [-0.15, -0.1) is 5.10 Å². The number of nitrogens with zero attached hydrogens (tertiary/aromatic N) is 2. The van der Waals surface area contributed by atoms with Crippen molar-refractivity contribution < 1.29 is 14.8 Å². The number of rotatable bonds is 3. The van der Waals surface area contributed by atoms with Gasteiger partial charge >= 0.3 is 7.12 Å². The molecule has 1 aliphatic rings. The third kappa shape index (κ3) is 3.66. The number of carbonyl (C=O) groups is 1. The van der Waals surface area contributed by atoms with E-state index in [1.54, 1.807) is 31.3 Å². The van der Waals surface area contributed by atoms with Crippen molar-refractivity contribution in [2.24, 2.45) is 10.2 Å². The molecule has 1 aliphatic heterocycles. The van der Waals surface area contributed by atoms with E-state index < -0.39 is 7.12 Å². The smallest absolute Gasteiger partial charge is 0.423 e. The average molecular weight is 277 g/mol. The standard InChI is InChI=1S/C11H12BN3O3S/c1-7-4-8(2-3-9(7)12(17)18)5-13-15-11-14-10(16)6-19-11/h2-5,17-18H,6H2,1H3,(H,14,15,16). The van der Waals surface area contributed by atoms with E-state index >= 15 is 0 Å². The van der Waals surface area contributed by atoms with Gasteiger partial charge in [0.05, 0.1) is 12.0 Å². The molecule has 0 aromatic heterocycles. The van der Waals surface area contributed by atoms with Gasteiger partial charge in [-0.25, -0.2) is 0 Å². The van der Waals surface area contributed by atoms with Gasteiger partial charge in [0.25, 0.3) is 0 Å². The second kappa shape index (κ2) is 6.00. The molecule has 0 atom stereocenters. The van der Waals surface area contributed by atoms with Gasteiger partial charge in [0, 0.05) is 0 Å². The molecule has 19 heavy (non-hydrogen) atoms. The van der Waals surface area contributed by atoms with Crippen LogP contribution in [0.15, 0.2) is 28.4 Å². The van der Waals surface area contributed by atoms with Crippen molar-refractivity contribution in [3.63, 3.8) is 0 Å². The zero-order chi connectivity index (χ0) is 13.8. The highest BCUT2D eigenvalue weighted by Crippen LogP contribution is 2.08. The molecule has 2 rings (SSSR count). The van der Waals surface area contributed by atoms with Gasteiger partial charge < -0.3 is 15.4 Å². The second-order valence-electron chi connectivity index (χ2n) is 3.98. The highest BCUT2D eigenvalue weighted by Gasteiger charge is 2.16. The van der Waals surface area contributed by atoms with Gasteiger partial charge in [-0.3, -0.25) is 4.79 Å². The molecule has 0 saturated carbocycles. The zero-order valence-corrected chi connectivity index (χ0v) is 11.0. The third-order valence-corrected chi connectivity index (χ3v) is 3.38. The maximum Gasteiger partial charge on any atom is 0.488 e. The van der Waals surface area contributed by atoms with Crippen LogP contribution >= 0.6 is 11.8 Å². The molecule has 3 N–H and O–H groups in total. The van der Waals surface area contributed by atoms with Crippen molar-refractivity contribution in [3.8, 4) is 0 Å². The number of hydrogen-bond acceptors (Lipinski definition) is 6. The van der Waals surface area contributed by atoms with E-state index in [1.165, 1.54) is 11.8 Å². The number of benzene rings is 1. The van der Waals surface area contributed by atoms with E-state index in [9.17, 15) is 4.79 Å². The lowest BCUT2D eigenvalue weighted by molar-refractivity contribution is -0.116. The first-order valence-corrected chi connectivity index (χ1v) is 6.55. The van der Waals surface area contributed by atoms with Gasteiger partial charge in [-0.05, 0) is 17.9 Å². The Labute approximate surface area is 114 Å². The summed E-state index contributed by atoms with van der Waals surface area (Å²) in [5, 5.41) is 29.0. The topological polar surface area (TPSA) is 94.3 Å². The van der Waals surface area contributed by atoms with E-state index in [-0.39, 0.29) is 5.91 Å². The number of amidine groups is 1. The molecule has 0 bridgehead atoms. The Balaban J connectivity index is 2.07. The van der Waals surface area contributed by atoms with Crippen LogP contribution in [-0.2, 0) is 4.79 Å². The summed E-state index contributed by atoms with van der Waals surface area (Å²) in [6.45, 7) is 1.78. The molecule has 0 unspecified atom stereocenters. The Kier molecular flexibility index (Phi) is 4.36. The summed E-state index contributed by atoms with van der Waals surface area (Å²) in [4.78, 5) is 10.9. The minimum Gasteiger partial charge on any atom is -0.423 e. The van der Waals surface area contributed by atoms with Crippen LogP contribution < -0.4 is 10.8 Å². The van der Waals surface area contributed by atoms with Crippen molar-refractivity contribution in [3.05, 3.63) is 29.3 Å². The molecule has 98 valence electrons. The fourth-order valence-electron chi connectivity index (χ4n) is 1.60. The van der Waals surface area contributed by atoms with Gasteiger partial charge in [0.1, 0.15) is 0 Å². The maximum atomic E-state index is 10.9. The molecule has 0 aliphatic carbocycles. The van der Waals surface area contributed by atoms with Gasteiger partial charge in [0.15, 0.2) is 5.17 Å². The summed E-state index contributed by atoms with van der Waals surface area (Å²) in [6, 6.07) is 5.12. The Morgan fingerprint density at radius 3 is 2.84 bits per heavy atom. The maximum absolute atomic E-state index is 10.9.